The van der Waals surface area contributed by atoms with E-state index in [9.17, 15) is 8.42 Å². The van der Waals surface area contributed by atoms with Gasteiger partial charge in [0.15, 0.2) is 9.84 Å². The summed E-state index contributed by atoms with van der Waals surface area (Å²) in [4.78, 5) is 0.214. The van der Waals surface area contributed by atoms with Gasteiger partial charge in [0.2, 0.25) is 0 Å². The number of nitrogen functional groups attached to an aromatic ring is 1. The van der Waals surface area contributed by atoms with Crippen LogP contribution in [-0.2, 0) is 19.3 Å². The number of amidine groups is 1. The molecule has 0 saturated carbocycles. The Hall–Kier alpha value is -1.44. The van der Waals surface area contributed by atoms with E-state index < -0.39 is 9.84 Å². The molecule has 0 bridgehead atoms. The predicted octanol–water partition coefficient (Wildman–Crippen LogP) is 0.160. The normalized spacial score (nSPS) is 16.0. The first-order valence-corrected chi connectivity index (χ1v) is 7.51. The smallest absolute Gasteiger partial charge is 0.180 e. The van der Waals surface area contributed by atoms with Crippen molar-refractivity contribution in [3.63, 3.8) is 0 Å². The Kier molecular flexibility index (Phi) is 4.18. The summed E-state index contributed by atoms with van der Waals surface area (Å²) in [5.41, 5.74) is 5.81. The van der Waals surface area contributed by atoms with Crippen molar-refractivity contribution in [3.05, 3.63) is 29.8 Å². The molecule has 104 valence electrons. The van der Waals surface area contributed by atoms with Crippen LogP contribution < -0.4 is 5.73 Å². The van der Waals surface area contributed by atoms with Gasteiger partial charge in [-0.25, -0.2) is 8.42 Å². The van der Waals surface area contributed by atoms with Crippen molar-refractivity contribution in [2.24, 2.45) is 5.73 Å². The fourth-order valence-electron chi connectivity index (χ4n) is 1.59. The molecule has 0 unspecified atom stereocenters. The first-order chi connectivity index (χ1) is 8.99. The maximum atomic E-state index is 12.0. The number of rotatable bonds is 6. The Morgan fingerprint density at radius 3 is 2.47 bits per heavy atom. The van der Waals surface area contributed by atoms with Gasteiger partial charge >= 0.3 is 0 Å². The van der Waals surface area contributed by atoms with Gasteiger partial charge in [-0.1, -0.05) is 12.1 Å². The van der Waals surface area contributed by atoms with Crippen LogP contribution in [0.15, 0.2) is 29.2 Å². The molecule has 1 aliphatic heterocycles. The lowest BCUT2D eigenvalue weighted by molar-refractivity contribution is -0.126. The second kappa shape index (κ2) is 5.68. The van der Waals surface area contributed by atoms with E-state index in [0.29, 0.717) is 18.8 Å². The first kappa shape index (κ1) is 14.0. The molecule has 0 aromatic heterocycles. The number of sulfone groups is 1. The summed E-state index contributed by atoms with van der Waals surface area (Å²) in [7, 11) is -3.36. The van der Waals surface area contributed by atoms with E-state index in [0.717, 1.165) is 0 Å². The molecule has 3 N–H and O–H groups in total. The van der Waals surface area contributed by atoms with E-state index in [-0.39, 0.29) is 29.2 Å². The average molecular weight is 284 g/mol. The van der Waals surface area contributed by atoms with Gasteiger partial charge in [0, 0.05) is 5.56 Å². The molecule has 0 spiro atoms. The van der Waals surface area contributed by atoms with Crippen LogP contribution in [0.2, 0.25) is 0 Å². The van der Waals surface area contributed by atoms with Crippen LogP contribution in [0, 0.1) is 5.41 Å². The van der Waals surface area contributed by atoms with Crippen LogP contribution in [0.1, 0.15) is 5.56 Å². The Morgan fingerprint density at radius 2 is 2.00 bits per heavy atom. The van der Waals surface area contributed by atoms with Crippen LogP contribution >= 0.6 is 0 Å². The molecule has 0 radical (unpaired) electrons. The molecule has 2 rings (SSSR count). The van der Waals surface area contributed by atoms with E-state index >= 15 is 0 Å². The molecule has 1 fully saturated rings. The van der Waals surface area contributed by atoms with Crippen molar-refractivity contribution in [1.82, 2.24) is 0 Å². The highest BCUT2D eigenvalue weighted by Crippen LogP contribution is 2.13. The minimum absolute atomic E-state index is 0.0234. The molecule has 1 heterocycles. The fourth-order valence-corrected chi connectivity index (χ4v) is 2.70. The molecule has 1 aromatic carbocycles. The first-order valence-electron chi connectivity index (χ1n) is 5.85. The third-order valence-corrected chi connectivity index (χ3v) is 4.53. The number of nitrogens with two attached hydrogens (primary N) is 1. The molecule has 1 saturated heterocycles. The minimum atomic E-state index is -3.36. The Morgan fingerprint density at radius 1 is 1.37 bits per heavy atom. The zero-order valence-electron chi connectivity index (χ0n) is 10.3. The quantitative estimate of drug-likeness (QED) is 0.572. The van der Waals surface area contributed by atoms with Crippen molar-refractivity contribution in [1.29, 1.82) is 5.41 Å². The Balaban J connectivity index is 1.95. The second-order valence-electron chi connectivity index (χ2n) is 4.29. The molecule has 7 heteroatoms. The molecule has 0 aliphatic carbocycles. The summed E-state index contributed by atoms with van der Waals surface area (Å²) in [6.45, 7) is 1.23. The topological polar surface area (TPSA) is 102 Å². The highest BCUT2D eigenvalue weighted by molar-refractivity contribution is 7.91. The molecule has 1 aliphatic rings. The Labute approximate surface area is 111 Å². The van der Waals surface area contributed by atoms with Gasteiger partial charge < -0.3 is 15.2 Å². The molecular formula is C12H16N2O4S. The number of nitrogens with one attached hydrogen (secondary N) is 1. The number of hydrogen-bond donors (Lipinski definition) is 2. The van der Waals surface area contributed by atoms with Gasteiger partial charge in [0.05, 0.1) is 30.5 Å². The van der Waals surface area contributed by atoms with Gasteiger partial charge in [-0.2, -0.15) is 0 Å². The highest BCUT2D eigenvalue weighted by atomic mass is 32.2. The summed E-state index contributed by atoms with van der Waals surface area (Å²) in [6.07, 6.45) is 0.0234. The summed E-state index contributed by atoms with van der Waals surface area (Å²) in [6, 6.07) is 5.96. The fraction of sp³-hybridized carbons (Fsp3) is 0.417. The molecule has 0 amide bonds. The molecular weight excluding hydrogens is 268 g/mol. The average Bonchev–Trinajstić information content (AvgIpc) is 2.32. The second-order valence-corrected chi connectivity index (χ2v) is 6.40. The van der Waals surface area contributed by atoms with Crippen LogP contribution in [-0.4, -0.2) is 45.9 Å². The molecule has 1 aromatic rings. The summed E-state index contributed by atoms with van der Waals surface area (Å²) >= 11 is 0. The Bertz CT molecular complexity index is 550. The summed E-state index contributed by atoms with van der Waals surface area (Å²) in [5, 5.41) is 7.24. The standard InChI is InChI=1S/C12H16N2O4S/c13-12(14)9-1-3-11(4-2-9)19(15,16)6-5-18-10-7-17-8-10/h1-4,10H,5-8H2,(H3,13,14). The SMILES string of the molecule is N=C(N)c1ccc(S(=O)(=O)CCOC2COC2)cc1. The van der Waals surface area contributed by atoms with Crippen LogP contribution in [0.5, 0.6) is 0 Å². The van der Waals surface area contributed by atoms with Crippen molar-refractivity contribution >= 4 is 15.7 Å². The minimum Gasteiger partial charge on any atom is -0.384 e. The van der Waals surface area contributed by atoms with Crippen LogP contribution in [0.25, 0.3) is 0 Å². The lowest BCUT2D eigenvalue weighted by atomic mass is 10.2. The van der Waals surface area contributed by atoms with Gasteiger partial charge in [-0.3, -0.25) is 5.41 Å². The number of ether oxygens (including phenoxy) is 2. The van der Waals surface area contributed by atoms with E-state index in [2.05, 4.69) is 0 Å². The van der Waals surface area contributed by atoms with Gasteiger partial charge in [-0.15, -0.1) is 0 Å². The summed E-state index contributed by atoms with van der Waals surface area (Å²) < 4.78 is 34.3. The third kappa shape index (κ3) is 3.52. The van der Waals surface area contributed by atoms with Gasteiger partial charge in [-0.05, 0) is 12.1 Å². The third-order valence-electron chi connectivity index (χ3n) is 2.84. The molecule has 6 nitrogen and oxygen atoms in total. The van der Waals surface area contributed by atoms with E-state index in [1.54, 1.807) is 0 Å². The molecule has 19 heavy (non-hydrogen) atoms. The summed E-state index contributed by atoms with van der Waals surface area (Å²) in [5.74, 6) is -0.152. The number of hydrogen-bond acceptors (Lipinski definition) is 5. The van der Waals surface area contributed by atoms with Crippen molar-refractivity contribution in [2.75, 3.05) is 25.6 Å². The van der Waals surface area contributed by atoms with E-state index in [1.807, 2.05) is 0 Å². The zero-order valence-corrected chi connectivity index (χ0v) is 11.2. The maximum absolute atomic E-state index is 12.0. The van der Waals surface area contributed by atoms with Crippen LogP contribution in [0.4, 0.5) is 0 Å². The van der Waals surface area contributed by atoms with Crippen molar-refractivity contribution < 1.29 is 17.9 Å². The lowest BCUT2D eigenvalue weighted by Gasteiger charge is -2.25. The largest absolute Gasteiger partial charge is 0.384 e. The van der Waals surface area contributed by atoms with Gasteiger partial charge in [0.25, 0.3) is 0 Å². The zero-order chi connectivity index (χ0) is 13.9. The maximum Gasteiger partial charge on any atom is 0.180 e. The monoisotopic (exact) mass is 284 g/mol. The van der Waals surface area contributed by atoms with Gasteiger partial charge in [0.1, 0.15) is 11.9 Å². The van der Waals surface area contributed by atoms with E-state index in [1.165, 1.54) is 24.3 Å². The van der Waals surface area contributed by atoms with Crippen molar-refractivity contribution in [3.8, 4) is 0 Å². The lowest BCUT2D eigenvalue weighted by Crippen LogP contribution is -2.37. The van der Waals surface area contributed by atoms with Crippen LogP contribution in [0.3, 0.4) is 0 Å². The predicted molar refractivity (Wildman–Crippen MR) is 70.1 cm³/mol. The number of benzene rings is 1. The van der Waals surface area contributed by atoms with Crippen molar-refractivity contribution in [2.45, 2.75) is 11.0 Å². The molecule has 0 atom stereocenters. The highest BCUT2D eigenvalue weighted by Gasteiger charge is 2.21. The van der Waals surface area contributed by atoms with E-state index in [4.69, 9.17) is 20.6 Å².